The van der Waals surface area contributed by atoms with Crippen LogP contribution in [0.15, 0.2) is 96.2 Å². The second-order valence-corrected chi connectivity index (χ2v) is 9.90. The van der Waals surface area contributed by atoms with E-state index in [1.165, 1.54) is 7.11 Å². The summed E-state index contributed by atoms with van der Waals surface area (Å²) in [5.41, 5.74) is 5.35. The lowest BCUT2D eigenvalue weighted by molar-refractivity contribution is -0.149. The van der Waals surface area contributed by atoms with Crippen molar-refractivity contribution in [1.82, 2.24) is 0 Å². The van der Waals surface area contributed by atoms with Crippen LogP contribution in [-0.2, 0) is 14.3 Å². The first-order chi connectivity index (χ1) is 18.6. The van der Waals surface area contributed by atoms with Crippen LogP contribution in [-0.4, -0.2) is 25.7 Å². The van der Waals surface area contributed by atoms with E-state index in [1.54, 1.807) is 0 Å². The zero-order chi connectivity index (χ0) is 25.8. The fourth-order valence-corrected chi connectivity index (χ4v) is 6.24. The number of hydrogen-bond acceptors (Lipinski definition) is 6. The number of rotatable bonds is 3. The van der Waals surface area contributed by atoms with Crippen LogP contribution in [0.5, 0.6) is 11.5 Å². The maximum Gasteiger partial charge on any atom is 0.317 e. The number of hydrogen-bond donors (Lipinski definition) is 1. The van der Waals surface area contributed by atoms with Crippen molar-refractivity contribution in [1.29, 1.82) is 0 Å². The number of benzene rings is 4. The van der Waals surface area contributed by atoms with Crippen LogP contribution < -0.4 is 14.8 Å². The number of carbonyl (C=O) groups is 2. The van der Waals surface area contributed by atoms with Gasteiger partial charge in [0.25, 0.3) is 0 Å². The van der Waals surface area contributed by atoms with Crippen molar-refractivity contribution in [2.45, 2.75) is 18.3 Å². The van der Waals surface area contributed by atoms with Crippen molar-refractivity contribution < 1.29 is 23.8 Å². The highest BCUT2D eigenvalue weighted by atomic mass is 16.7. The number of Topliss-reactive ketones (excluding diaryl/α,β-unsaturated/α-hetero) is 1. The Morgan fingerprint density at radius 3 is 2.53 bits per heavy atom. The first-order valence-corrected chi connectivity index (χ1v) is 12.7. The summed E-state index contributed by atoms with van der Waals surface area (Å²) < 4.78 is 16.3. The Labute approximate surface area is 219 Å². The Morgan fingerprint density at radius 1 is 0.895 bits per heavy atom. The highest BCUT2D eigenvalue weighted by Gasteiger charge is 2.48. The van der Waals surface area contributed by atoms with Gasteiger partial charge in [0.05, 0.1) is 7.11 Å². The van der Waals surface area contributed by atoms with Gasteiger partial charge in [0.2, 0.25) is 6.79 Å². The molecule has 1 N–H and O–H groups in total. The first kappa shape index (κ1) is 22.6. The van der Waals surface area contributed by atoms with Crippen molar-refractivity contribution in [3.63, 3.8) is 0 Å². The van der Waals surface area contributed by atoms with E-state index in [1.807, 2.05) is 48.5 Å². The average Bonchev–Trinajstić information content (AvgIpc) is 3.44. The fourth-order valence-electron chi connectivity index (χ4n) is 6.24. The minimum atomic E-state index is -0.969. The van der Waals surface area contributed by atoms with Crippen LogP contribution in [0, 0.1) is 5.92 Å². The summed E-state index contributed by atoms with van der Waals surface area (Å²) in [5, 5.41) is 5.78. The van der Waals surface area contributed by atoms with Gasteiger partial charge in [-0.25, -0.2) is 0 Å². The molecule has 0 unspecified atom stereocenters. The molecule has 0 saturated carbocycles. The molecule has 2 aliphatic heterocycles. The number of esters is 1. The quantitative estimate of drug-likeness (QED) is 0.276. The highest BCUT2D eigenvalue weighted by Crippen LogP contribution is 2.52. The van der Waals surface area contributed by atoms with Gasteiger partial charge in [0.1, 0.15) is 5.92 Å². The second-order valence-electron chi connectivity index (χ2n) is 9.90. The van der Waals surface area contributed by atoms with E-state index in [0.717, 1.165) is 38.8 Å². The molecule has 0 amide bonds. The number of ketones is 1. The summed E-state index contributed by atoms with van der Waals surface area (Å²) in [6.45, 7) is 0.156. The van der Waals surface area contributed by atoms with Crippen LogP contribution >= 0.6 is 0 Å². The summed E-state index contributed by atoms with van der Waals surface area (Å²) in [6.07, 6.45) is 0.482. The van der Waals surface area contributed by atoms with Gasteiger partial charge >= 0.3 is 5.97 Å². The van der Waals surface area contributed by atoms with Gasteiger partial charge < -0.3 is 19.5 Å². The standard InChI is InChI=1S/C32H25NO5/c1-36-32(35)29-22(20-12-14-25-26(15-20)38-17-37-25)16-24-30(31(29)34)27(19-8-3-2-4-9-19)28-21-10-6-5-7-18(21)11-13-23(28)33-24/h2-15,22,27,29,33H,16-17H2,1H3/t22-,27-,29-/m1/s1. The van der Waals surface area contributed by atoms with Gasteiger partial charge in [-0.2, -0.15) is 0 Å². The zero-order valence-electron chi connectivity index (χ0n) is 20.8. The third-order valence-corrected chi connectivity index (χ3v) is 7.95. The Kier molecular flexibility index (Phi) is 5.22. The summed E-state index contributed by atoms with van der Waals surface area (Å²) in [6, 6.07) is 28.1. The molecule has 0 radical (unpaired) electrons. The van der Waals surface area contributed by atoms with E-state index >= 15 is 0 Å². The number of allylic oxidation sites excluding steroid dienone is 2. The number of fused-ring (bicyclic) bond motifs is 4. The largest absolute Gasteiger partial charge is 0.468 e. The lowest BCUT2D eigenvalue weighted by atomic mass is 9.66. The number of carbonyl (C=O) groups excluding carboxylic acids is 2. The van der Waals surface area contributed by atoms with E-state index in [4.69, 9.17) is 14.2 Å². The molecule has 0 aromatic heterocycles. The Morgan fingerprint density at radius 2 is 1.68 bits per heavy atom. The van der Waals surface area contributed by atoms with Gasteiger partial charge in [-0.05, 0) is 52.1 Å². The zero-order valence-corrected chi connectivity index (χ0v) is 20.8. The highest BCUT2D eigenvalue weighted by molar-refractivity contribution is 6.13. The van der Waals surface area contributed by atoms with E-state index in [2.05, 4.69) is 41.7 Å². The molecule has 2 heterocycles. The Hall–Kier alpha value is -4.58. The first-order valence-electron chi connectivity index (χ1n) is 12.7. The molecule has 3 atom stereocenters. The van der Waals surface area contributed by atoms with Crippen LogP contribution in [0.3, 0.4) is 0 Å². The lowest BCUT2D eigenvalue weighted by Crippen LogP contribution is -2.40. The van der Waals surface area contributed by atoms with Gasteiger partial charge in [-0.15, -0.1) is 0 Å². The molecule has 38 heavy (non-hydrogen) atoms. The topological polar surface area (TPSA) is 73.9 Å². The van der Waals surface area contributed by atoms with Gasteiger partial charge in [-0.3, -0.25) is 9.59 Å². The molecule has 4 aromatic rings. The van der Waals surface area contributed by atoms with Crippen molar-refractivity contribution in [2.75, 3.05) is 19.2 Å². The molecule has 1 aliphatic carbocycles. The predicted octanol–water partition coefficient (Wildman–Crippen LogP) is 5.93. The lowest BCUT2D eigenvalue weighted by Gasteiger charge is -2.40. The predicted molar refractivity (Wildman–Crippen MR) is 143 cm³/mol. The maximum absolute atomic E-state index is 14.5. The molecule has 7 rings (SSSR count). The van der Waals surface area contributed by atoms with Crippen LogP contribution in [0.1, 0.15) is 34.9 Å². The molecule has 0 saturated heterocycles. The van der Waals surface area contributed by atoms with E-state index in [-0.39, 0.29) is 18.5 Å². The molecular formula is C32H25NO5. The maximum atomic E-state index is 14.5. The summed E-state index contributed by atoms with van der Waals surface area (Å²) in [4.78, 5) is 27.7. The number of nitrogens with one attached hydrogen (secondary N) is 1. The van der Waals surface area contributed by atoms with Crippen LogP contribution in [0.4, 0.5) is 5.69 Å². The fraction of sp³-hybridized carbons (Fsp3) is 0.188. The third kappa shape index (κ3) is 3.40. The summed E-state index contributed by atoms with van der Waals surface area (Å²) in [7, 11) is 1.34. The second kappa shape index (κ2) is 8.77. The van der Waals surface area contributed by atoms with Gasteiger partial charge in [0, 0.05) is 28.8 Å². The molecule has 3 aliphatic rings. The number of methoxy groups -OCH3 is 1. The van der Waals surface area contributed by atoms with Crippen molar-refractivity contribution in [3.05, 3.63) is 113 Å². The molecular weight excluding hydrogens is 478 g/mol. The average molecular weight is 504 g/mol. The normalized spacial score (nSPS) is 21.5. The molecule has 0 bridgehead atoms. The molecule has 0 fully saturated rings. The molecule has 6 nitrogen and oxygen atoms in total. The van der Waals surface area contributed by atoms with Crippen LogP contribution in [0.2, 0.25) is 0 Å². The molecule has 6 heteroatoms. The Balaban J connectivity index is 1.43. The van der Waals surface area contributed by atoms with E-state index < -0.39 is 17.8 Å². The van der Waals surface area contributed by atoms with Gasteiger partial charge in [0.15, 0.2) is 17.3 Å². The Bertz CT molecular complexity index is 1640. The van der Waals surface area contributed by atoms with E-state index in [0.29, 0.717) is 23.5 Å². The minimum Gasteiger partial charge on any atom is -0.468 e. The van der Waals surface area contributed by atoms with E-state index in [9.17, 15) is 9.59 Å². The summed E-state index contributed by atoms with van der Waals surface area (Å²) >= 11 is 0. The number of anilines is 1. The minimum absolute atomic E-state index is 0.156. The van der Waals surface area contributed by atoms with Crippen molar-refractivity contribution >= 4 is 28.2 Å². The van der Waals surface area contributed by atoms with Gasteiger partial charge in [-0.1, -0.05) is 66.7 Å². The van der Waals surface area contributed by atoms with Crippen LogP contribution in [0.25, 0.3) is 10.8 Å². The monoisotopic (exact) mass is 503 g/mol. The SMILES string of the molecule is COC(=O)[C@H]1C(=O)C2=C(C[C@@H]1c1ccc3c(c1)OCO3)Nc1ccc3ccccc3c1[C@H]2c1ccccc1. The molecule has 4 aromatic carbocycles. The third-order valence-electron chi connectivity index (χ3n) is 7.95. The van der Waals surface area contributed by atoms with Crippen molar-refractivity contribution in [2.24, 2.45) is 5.92 Å². The smallest absolute Gasteiger partial charge is 0.317 e. The molecule has 188 valence electrons. The number of ether oxygens (including phenoxy) is 3. The van der Waals surface area contributed by atoms with Crippen molar-refractivity contribution in [3.8, 4) is 11.5 Å². The summed E-state index contributed by atoms with van der Waals surface area (Å²) in [5.74, 6) is -1.15. The molecule has 0 spiro atoms.